The van der Waals surface area contributed by atoms with Crippen molar-refractivity contribution in [2.45, 2.75) is 6.92 Å². The Bertz CT molecular complexity index is 715. The van der Waals surface area contributed by atoms with Crippen LogP contribution < -0.4 is 0 Å². The molecule has 20 heavy (non-hydrogen) atoms. The summed E-state index contributed by atoms with van der Waals surface area (Å²) >= 11 is 0. The third-order valence-corrected chi connectivity index (χ3v) is 2.72. The molecule has 0 unspecified atom stereocenters. The maximum atomic E-state index is 8.72. The lowest BCUT2D eigenvalue weighted by atomic mass is 10.1. The molecule has 0 spiro atoms. The standard InChI is InChI=1S/C17H13N3/c1-14(11-12-18)16-9-5-6-10-17(16)20-13-19-15-7-3-2-4-8-15/h2-11H,1H3/b14-11+. The Morgan fingerprint density at radius 2 is 1.70 bits per heavy atom. The van der Waals surface area contributed by atoms with Gasteiger partial charge in [-0.2, -0.15) is 15.2 Å². The van der Waals surface area contributed by atoms with Crippen LogP contribution in [0.3, 0.4) is 0 Å². The van der Waals surface area contributed by atoms with E-state index in [1.165, 1.54) is 6.08 Å². The summed E-state index contributed by atoms with van der Waals surface area (Å²) < 4.78 is 0. The molecule has 3 heteroatoms. The summed E-state index contributed by atoms with van der Waals surface area (Å²) in [6.45, 7) is 1.88. The maximum absolute atomic E-state index is 8.72. The van der Waals surface area contributed by atoms with Crippen LogP contribution in [0.4, 0.5) is 11.4 Å². The first-order valence-corrected chi connectivity index (χ1v) is 6.18. The molecule has 0 saturated carbocycles. The van der Waals surface area contributed by atoms with Crippen molar-refractivity contribution >= 4 is 23.0 Å². The molecule has 2 aromatic carbocycles. The Kier molecular flexibility index (Phi) is 4.61. The number of para-hydroxylation sites is 2. The molecule has 0 amide bonds. The van der Waals surface area contributed by atoms with Crippen LogP contribution in [0.5, 0.6) is 0 Å². The molecule has 0 fully saturated rings. The molecule has 0 heterocycles. The number of nitrogens with zero attached hydrogens (tertiary/aromatic N) is 3. The summed E-state index contributed by atoms with van der Waals surface area (Å²) in [6.07, 6.45) is 1.50. The zero-order valence-corrected chi connectivity index (χ0v) is 11.1. The number of rotatable bonds is 3. The third-order valence-electron chi connectivity index (χ3n) is 2.72. The third kappa shape index (κ3) is 3.52. The second-order valence-electron chi connectivity index (χ2n) is 4.13. The Hall–Kier alpha value is -2.95. The average molecular weight is 259 g/mol. The largest absolute Gasteiger partial charge is 0.193 e. The van der Waals surface area contributed by atoms with Crippen LogP contribution in [0, 0.1) is 11.3 Å². The van der Waals surface area contributed by atoms with E-state index in [9.17, 15) is 0 Å². The van der Waals surface area contributed by atoms with Crippen LogP contribution in [0.1, 0.15) is 12.5 Å². The van der Waals surface area contributed by atoms with Crippen molar-refractivity contribution in [1.82, 2.24) is 0 Å². The fourth-order valence-electron chi connectivity index (χ4n) is 1.72. The first-order chi connectivity index (χ1) is 9.81. The minimum atomic E-state index is 0.746. The van der Waals surface area contributed by atoms with E-state index in [1.807, 2.05) is 67.6 Å². The number of benzene rings is 2. The van der Waals surface area contributed by atoms with Crippen molar-refractivity contribution in [3.8, 4) is 6.07 Å². The van der Waals surface area contributed by atoms with Crippen LogP contribution in [0.25, 0.3) is 5.57 Å². The zero-order chi connectivity index (χ0) is 14.2. The number of aliphatic imine (C=N–C) groups is 2. The van der Waals surface area contributed by atoms with Gasteiger partial charge >= 0.3 is 0 Å². The van der Waals surface area contributed by atoms with Crippen molar-refractivity contribution in [3.63, 3.8) is 0 Å². The van der Waals surface area contributed by atoms with Crippen LogP contribution >= 0.6 is 0 Å². The molecule has 2 rings (SSSR count). The van der Waals surface area contributed by atoms with E-state index in [4.69, 9.17) is 5.26 Å². The van der Waals surface area contributed by atoms with Crippen LogP contribution in [-0.4, -0.2) is 6.01 Å². The molecular formula is C17H13N3. The molecule has 0 aromatic heterocycles. The molecule has 0 aliphatic carbocycles. The second-order valence-corrected chi connectivity index (χ2v) is 4.13. The first kappa shape index (κ1) is 13.5. The van der Waals surface area contributed by atoms with Crippen molar-refractivity contribution in [2.24, 2.45) is 9.98 Å². The van der Waals surface area contributed by atoms with E-state index < -0.39 is 0 Å². The molecule has 0 aliphatic rings. The van der Waals surface area contributed by atoms with E-state index >= 15 is 0 Å². The van der Waals surface area contributed by atoms with E-state index in [0.29, 0.717) is 0 Å². The highest BCUT2D eigenvalue weighted by atomic mass is 14.8. The average Bonchev–Trinajstić information content (AvgIpc) is 2.49. The predicted octanol–water partition coefficient (Wildman–Crippen LogP) is 4.75. The van der Waals surface area contributed by atoms with E-state index in [2.05, 4.69) is 16.0 Å². The van der Waals surface area contributed by atoms with Gasteiger partial charge in [0, 0.05) is 11.6 Å². The number of allylic oxidation sites excluding steroid dienone is 2. The minimum absolute atomic E-state index is 0.746. The monoisotopic (exact) mass is 259 g/mol. The Morgan fingerprint density at radius 3 is 2.45 bits per heavy atom. The lowest BCUT2D eigenvalue weighted by Crippen LogP contribution is -1.80. The summed E-state index contributed by atoms with van der Waals surface area (Å²) in [4.78, 5) is 8.38. The van der Waals surface area contributed by atoms with Gasteiger partial charge in [0.15, 0.2) is 0 Å². The summed E-state index contributed by atoms with van der Waals surface area (Å²) in [7, 11) is 0. The summed E-state index contributed by atoms with van der Waals surface area (Å²) in [6, 6.07) is 21.8. The Morgan fingerprint density at radius 1 is 1.00 bits per heavy atom. The molecule has 0 N–H and O–H groups in total. The molecule has 2 aromatic rings. The van der Waals surface area contributed by atoms with Crippen LogP contribution in [-0.2, 0) is 0 Å². The molecule has 3 nitrogen and oxygen atoms in total. The van der Waals surface area contributed by atoms with E-state index in [1.54, 1.807) is 0 Å². The molecular weight excluding hydrogens is 246 g/mol. The van der Waals surface area contributed by atoms with Crippen molar-refractivity contribution in [1.29, 1.82) is 5.26 Å². The SMILES string of the molecule is C/C(=C\C#N)c1ccccc1N=C=Nc1ccccc1. The molecule has 96 valence electrons. The lowest BCUT2D eigenvalue weighted by molar-refractivity contribution is 1.45. The predicted molar refractivity (Wildman–Crippen MR) is 81.3 cm³/mol. The number of hydrogen-bond acceptors (Lipinski definition) is 3. The fraction of sp³-hybridized carbons (Fsp3) is 0.0588. The van der Waals surface area contributed by atoms with E-state index in [-0.39, 0.29) is 0 Å². The summed E-state index contributed by atoms with van der Waals surface area (Å²) in [5.74, 6) is 0. The molecule has 0 bridgehead atoms. The highest BCUT2D eigenvalue weighted by molar-refractivity contribution is 5.76. The van der Waals surface area contributed by atoms with Crippen molar-refractivity contribution in [2.75, 3.05) is 0 Å². The lowest BCUT2D eigenvalue weighted by Gasteiger charge is -2.02. The molecule has 0 radical (unpaired) electrons. The molecule has 0 atom stereocenters. The first-order valence-electron chi connectivity index (χ1n) is 6.18. The topological polar surface area (TPSA) is 48.5 Å². The van der Waals surface area contributed by atoms with Gasteiger partial charge in [0.05, 0.1) is 17.4 Å². The van der Waals surface area contributed by atoms with Crippen LogP contribution in [0.15, 0.2) is 70.7 Å². The van der Waals surface area contributed by atoms with Gasteiger partial charge in [-0.1, -0.05) is 36.4 Å². The fourth-order valence-corrected chi connectivity index (χ4v) is 1.72. The normalized spacial score (nSPS) is 10.3. The molecule has 0 aliphatic heterocycles. The highest BCUT2D eigenvalue weighted by Gasteiger charge is 2.01. The number of nitriles is 1. The van der Waals surface area contributed by atoms with Gasteiger partial charge < -0.3 is 0 Å². The second kappa shape index (κ2) is 6.84. The summed E-state index contributed by atoms with van der Waals surface area (Å²) in [5.41, 5.74) is 3.33. The van der Waals surface area contributed by atoms with E-state index in [0.717, 1.165) is 22.5 Å². The van der Waals surface area contributed by atoms with Gasteiger partial charge in [0.2, 0.25) is 0 Å². The van der Waals surface area contributed by atoms with Crippen molar-refractivity contribution < 1.29 is 0 Å². The van der Waals surface area contributed by atoms with Gasteiger partial charge in [-0.15, -0.1) is 0 Å². The van der Waals surface area contributed by atoms with Crippen molar-refractivity contribution in [3.05, 3.63) is 66.2 Å². The smallest absolute Gasteiger partial charge is 0.100 e. The van der Waals surface area contributed by atoms with Crippen LogP contribution in [0.2, 0.25) is 0 Å². The quantitative estimate of drug-likeness (QED) is 0.579. The number of hydrogen-bond donors (Lipinski definition) is 0. The maximum Gasteiger partial charge on any atom is 0.100 e. The Labute approximate surface area is 118 Å². The van der Waals surface area contributed by atoms with Gasteiger partial charge in [-0.3, -0.25) is 0 Å². The minimum Gasteiger partial charge on any atom is -0.193 e. The van der Waals surface area contributed by atoms with Gasteiger partial charge in [-0.05, 0) is 30.7 Å². The van der Waals surface area contributed by atoms with Gasteiger partial charge in [0.1, 0.15) is 6.01 Å². The zero-order valence-electron chi connectivity index (χ0n) is 11.1. The highest BCUT2D eigenvalue weighted by Crippen LogP contribution is 2.25. The van der Waals surface area contributed by atoms with Gasteiger partial charge in [-0.25, -0.2) is 0 Å². The summed E-state index contributed by atoms with van der Waals surface area (Å²) in [5, 5.41) is 8.72. The molecule has 0 saturated heterocycles. The van der Waals surface area contributed by atoms with Gasteiger partial charge in [0.25, 0.3) is 0 Å². The Balaban J connectivity index is 2.33.